The third kappa shape index (κ3) is 3.30. The lowest BCUT2D eigenvalue weighted by atomic mass is 10.1. The summed E-state index contributed by atoms with van der Waals surface area (Å²) < 4.78 is 0. The van der Waals surface area contributed by atoms with Crippen molar-refractivity contribution in [2.45, 2.75) is 6.92 Å². The first kappa shape index (κ1) is 14.4. The minimum absolute atomic E-state index is 0.0209. The minimum Gasteiger partial charge on any atom is -0.504 e. The molecule has 0 aliphatic rings. The lowest BCUT2D eigenvalue weighted by Crippen LogP contribution is -2.19. The predicted molar refractivity (Wildman–Crippen MR) is 77.6 cm³/mol. The van der Waals surface area contributed by atoms with Gasteiger partial charge in [-0.25, -0.2) is 5.43 Å². The number of nitrogens with one attached hydrogen (secondary N) is 1. The number of carbonyl (C=O) groups is 1. The van der Waals surface area contributed by atoms with Gasteiger partial charge in [-0.2, -0.15) is 5.10 Å². The van der Waals surface area contributed by atoms with Crippen LogP contribution in [0.4, 0.5) is 0 Å². The van der Waals surface area contributed by atoms with E-state index in [0.29, 0.717) is 5.71 Å². The van der Waals surface area contributed by atoms with Crippen molar-refractivity contribution in [1.29, 1.82) is 0 Å². The van der Waals surface area contributed by atoms with E-state index in [1.807, 2.05) is 30.3 Å². The Hall–Kier alpha value is -3.02. The van der Waals surface area contributed by atoms with Crippen LogP contribution in [0, 0.1) is 0 Å². The topological polar surface area (TPSA) is 102 Å². The summed E-state index contributed by atoms with van der Waals surface area (Å²) in [6.45, 7) is 1.74. The number of hydrogen-bond acceptors (Lipinski definition) is 5. The van der Waals surface area contributed by atoms with Gasteiger partial charge in [0.1, 0.15) is 0 Å². The van der Waals surface area contributed by atoms with Crippen LogP contribution in [0.15, 0.2) is 47.6 Å². The molecule has 0 heterocycles. The fourth-order valence-corrected chi connectivity index (χ4v) is 1.68. The van der Waals surface area contributed by atoms with Gasteiger partial charge in [-0.1, -0.05) is 30.3 Å². The van der Waals surface area contributed by atoms with Crippen molar-refractivity contribution in [3.05, 3.63) is 53.6 Å². The van der Waals surface area contributed by atoms with Crippen LogP contribution in [0.5, 0.6) is 17.2 Å². The van der Waals surface area contributed by atoms with Gasteiger partial charge < -0.3 is 15.3 Å². The molecule has 1 amide bonds. The molecule has 0 spiro atoms. The lowest BCUT2D eigenvalue weighted by molar-refractivity contribution is 0.0954. The first-order chi connectivity index (χ1) is 9.99. The van der Waals surface area contributed by atoms with Crippen LogP contribution in [-0.4, -0.2) is 26.9 Å². The van der Waals surface area contributed by atoms with Gasteiger partial charge in [0.15, 0.2) is 17.2 Å². The second kappa shape index (κ2) is 5.96. The number of carbonyl (C=O) groups excluding carboxylic acids is 1. The average Bonchev–Trinajstić information content (AvgIpc) is 2.50. The second-order valence-corrected chi connectivity index (χ2v) is 4.37. The number of hydrogen-bond donors (Lipinski definition) is 4. The molecular formula is C15H14N2O4. The summed E-state index contributed by atoms with van der Waals surface area (Å²) in [5, 5.41) is 31.9. The maximum Gasteiger partial charge on any atom is 0.271 e. The van der Waals surface area contributed by atoms with E-state index in [1.165, 1.54) is 0 Å². The fraction of sp³-hybridized carbons (Fsp3) is 0.0667. The summed E-state index contributed by atoms with van der Waals surface area (Å²) in [6, 6.07) is 11.4. The van der Waals surface area contributed by atoms with Crippen LogP contribution in [0.2, 0.25) is 0 Å². The fourth-order valence-electron chi connectivity index (χ4n) is 1.68. The Bertz CT molecular complexity index is 673. The van der Waals surface area contributed by atoms with E-state index in [-0.39, 0.29) is 5.56 Å². The summed E-state index contributed by atoms with van der Waals surface area (Å²) in [4.78, 5) is 11.9. The highest BCUT2D eigenvalue weighted by molar-refractivity contribution is 6.01. The van der Waals surface area contributed by atoms with Crippen LogP contribution in [0.1, 0.15) is 22.8 Å². The highest BCUT2D eigenvalue weighted by Gasteiger charge is 2.13. The zero-order chi connectivity index (χ0) is 15.4. The minimum atomic E-state index is -0.671. The zero-order valence-corrected chi connectivity index (χ0v) is 11.2. The molecule has 0 saturated heterocycles. The maximum atomic E-state index is 11.9. The molecule has 6 heteroatoms. The molecule has 0 aliphatic carbocycles. The Balaban J connectivity index is 2.15. The Morgan fingerprint density at radius 2 is 1.57 bits per heavy atom. The molecule has 0 radical (unpaired) electrons. The monoisotopic (exact) mass is 286 g/mol. The van der Waals surface area contributed by atoms with Crippen LogP contribution in [-0.2, 0) is 0 Å². The summed E-state index contributed by atoms with van der Waals surface area (Å²) in [5.74, 6) is -2.45. The third-order valence-corrected chi connectivity index (χ3v) is 2.85. The number of rotatable bonds is 3. The van der Waals surface area contributed by atoms with E-state index in [9.17, 15) is 20.1 Å². The molecule has 0 unspecified atom stereocenters. The Labute approximate surface area is 121 Å². The maximum absolute atomic E-state index is 11.9. The number of benzene rings is 2. The zero-order valence-electron chi connectivity index (χ0n) is 11.2. The Morgan fingerprint density at radius 3 is 2.14 bits per heavy atom. The van der Waals surface area contributed by atoms with Gasteiger partial charge in [0.2, 0.25) is 0 Å². The summed E-state index contributed by atoms with van der Waals surface area (Å²) in [7, 11) is 0. The van der Waals surface area contributed by atoms with E-state index in [4.69, 9.17) is 0 Å². The van der Waals surface area contributed by atoms with E-state index < -0.39 is 23.2 Å². The molecule has 6 nitrogen and oxygen atoms in total. The molecule has 0 atom stereocenters. The molecule has 4 N–H and O–H groups in total. The Morgan fingerprint density at radius 1 is 1.00 bits per heavy atom. The van der Waals surface area contributed by atoms with E-state index in [2.05, 4.69) is 10.5 Å². The van der Waals surface area contributed by atoms with Crippen LogP contribution in [0.25, 0.3) is 0 Å². The third-order valence-electron chi connectivity index (χ3n) is 2.85. The number of phenols is 3. The highest BCUT2D eigenvalue weighted by Crippen LogP contribution is 2.35. The predicted octanol–water partition coefficient (Wildman–Crippen LogP) is 1.96. The number of nitrogens with zero attached hydrogens (tertiary/aromatic N) is 1. The molecule has 0 saturated carbocycles. The van der Waals surface area contributed by atoms with Crippen molar-refractivity contribution in [3.63, 3.8) is 0 Å². The van der Waals surface area contributed by atoms with E-state index in [0.717, 1.165) is 17.7 Å². The van der Waals surface area contributed by atoms with E-state index in [1.54, 1.807) is 6.92 Å². The molecule has 0 aromatic heterocycles. The first-order valence-corrected chi connectivity index (χ1v) is 6.14. The lowest BCUT2D eigenvalue weighted by Gasteiger charge is -2.05. The largest absolute Gasteiger partial charge is 0.504 e. The molecule has 0 aliphatic heterocycles. The molecule has 108 valence electrons. The number of aromatic hydroxyl groups is 3. The molecule has 2 aromatic rings. The molecule has 21 heavy (non-hydrogen) atoms. The molecule has 2 aromatic carbocycles. The Kier molecular flexibility index (Phi) is 4.08. The average molecular weight is 286 g/mol. The summed E-state index contributed by atoms with van der Waals surface area (Å²) in [6.07, 6.45) is 0. The first-order valence-electron chi connectivity index (χ1n) is 6.14. The number of amides is 1. The normalized spacial score (nSPS) is 11.2. The van der Waals surface area contributed by atoms with Gasteiger partial charge in [-0.15, -0.1) is 0 Å². The van der Waals surface area contributed by atoms with Crippen LogP contribution >= 0.6 is 0 Å². The van der Waals surface area contributed by atoms with E-state index >= 15 is 0 Å². The summed E-state index contributed by atoms with van der Waals surface area (Å²) in [5.41, 5.74) is 3.76. The molecule has 0 bridgehead atoms. The van der Waals surface area contributed by atoms with Gasteiger partial charge in [0.05, 0.1) is 5.71 Å². The van der Waals surface area contributed by atoms with Crippen molar-refractivity contribution in [1.82, 2.24) is 5.43 Å². The second-order valence-electron chi connectivity index (χ2n) is 4.37. The molecular weight excluding hydrogens is 272 g/mol. The van der Waals surface area contributed by atoms with Crippen molar-refractivity contribution in [2.75, 3.05) is 0 Å². The van der Waals surface area contributed by atoms with Crippen molar-refractivity contribution >= 4 is 11.6 Å². The van der Waals surface area contributed by atoms with Crippen molar-refractivity contribution in [3.8, 4) is 17.2 Å². The van der Waals surface area contributed by atoms with Crippen LogP contribution in [0.3, 0.4) is 0 Å². The molecule has 2 rings (SSSR count). The molecule has 0 fully saturated rings. The smallest absolute Gasteiger partial charge is 0.271 e. The van der Waals surface area contributed by atoms with Crippen molar-refractivity contribution < 1.29 is 20.1 Å². The number of phenolic OH excluding ortho intramolecular Hbond substituents is 3. The van der Waals surface area contributed by atoms with Gasteiger partial charge in [-0.3, -0.25) is 4.79 Å². The van der Waals surface area contributed by atoms with Gasteiger partial charge in [0.25, 0.3) is 5.91 Å². The highest BCUT2D eigenvalue weighted by atomic mass is 16.3. The quantitative estimate of drug-likeness (QED) is 0.393. The van der Waals surface area contributed by atoms with Gasteiger partial charge in [0, 0.05) is 5.56 Å². The summed E-state index contributed by atoms with van der Waals surface area (Å²) >= 11 is 0. The van der Waals surface area contributed by atoms with Crippen molar-refractivity contribution in [2.24, 2.45) is 5.10 Å². The standard InChI is InChI=1S/C15H14N2O4/c1-9(10-5-3-2-4-6-10)16-17-15(21)11-7-12(18)14(20)13(19)8-11/h2-8,18-20H,1H3,(H,17,21)/b16-9+. The van der Waals surface area contributed by atoms with Gasteiger partial charge >= 0.3 is 0 Å². The van der Waals surface area contributed by atoms with Gasteiger partial charge in [-0.05, 0) is 24.6 Å². The van der Waals surface area contributed by atoms with Crippen LogP contribution < -0.4 is 5.43 Å². The SMILES string of the molecule is C/C(=N\NC(=O)c1cc(O)c(O)c(O)c1)c1ccccc1. The number of hydrazone groups is 1.